The van der Waals surface area contributed by atoms with Crippen LogP contribution in [0.2, 0.25) is 0 Å². The summed E-state index contributed by atoms with van der Waals surface area (Å²) in [4.78, 5) is 0. The van der Waals surface area contributed by atoms with Gasteiger partial charge in [0.2, 0.25) is 0 Å². The fourth-order valence-electron chi connectivity index (χ4n) is 0.917. The van der Waals surface area contributed by atoms with E-state index in [9.17, 15) is 0 Å². The van der Waals surface area contributed by atoms with Crippen molar-refractivity contribution in [1.29, 1.82) is 0 Å². The van der Waals surface area contributed by atoms with Crippen LogP contribution in [0.4, 0.5) is 0 Å². The molecular weight excluding hydrogens is 236 g/mol. The van der Waals surface area contributed by atoms with Crippen molar-refractivity contribution in [1.82, 2.24) is 0 Å². The lowest BCUT2D eigenvalue weighted by atomic mass is 10.4. The number of hydrogen-bond donors (Lipinski definition) is 0. The fourth-order valence-corrected chi connectivity index (χ4v) is 2.21. The van der Waals surface area contributed by atoms with Crippen molar-refractivity contribution in [2.75, 3.05) is 11.1 Å². The number of hydrogen-bond acceptors (Lipinski definition) is 2. The van der Waals surface area contributed by atoms with Gasteiger partial charge < -0.3 is 4.42 Å². The Morgan fingerprint density at radius 2 is 2.17 bits per heavy atom. The van der Waals surface area contributed by atoms with Crippen molar-refractivity contribution in [3.05, 3.63) is 23.7 Å². The highest BCUT2D eigenvalue weighted by Gasteiger charge is 1.99. The highest BCUT2D eigenvalue weighted by Crippen LogP contribution is 2.15. The summed E-state index contributed by atoms with van der Waals surface area (Å²) in [5.74, 6) is 4.32. The SMILES string of the molecule is CCc1ccc(CSCCBr)o1. The molecule has 1 aromatic rings. The van der Waals surface area contributed by atoms with E-state index in [-0.39, 0.29) is 0 Å². The van der Waals surface area contributed by atoms with Crippen molar-refractivity contribution in [2.24, 2.45) is 0 Å². The van der Waals surface area contributed by atoms with Crippen LogP contribution in [-0.4, -0.2) is 11.1 Å². The lowest BCUT2D eigenvalue weighted by Crippen LogP contribution is -1.80. The second kappa shape index (κ2) is 5.70. The van der Waals surface area contributed by atoms with E-state index in [1.165, 1.54) is 0 Å². The second-order valence-electron chi connectivity index (χ2n) is 2.46. The molecule has 0 N–H and O–H groups in total. The Kier molecular flexibility index (Phi) is 4.84. The molecule has 0 saturated carbocycles. The average molecular weight is 249 g/mol. The normalized spacial score (nSPS) is 10.5. The Morgan fingerprint density at radius 1 is 1.42 bits per heavy atom. The Hall–Kier alpha value is 0.110. The first-order chi connectivity index (χ1) is 5.86. The Bertz CT molecular complexity index is 222. The molecule has 0 aliphatic carbocycles. The van der Waals surface area contributed by atoms with Crippen LogP contribution in [0.5, 0.6) is 0 Å². The summed E-state index contributed by atoms with van der Waals surface area (Å²) in [5, 5.41) is 1.05. The molecule has 0 aliphatic heterocycles. The second-order valence-corrected chi connectivity index (χ2v) is 4.36. The van der Waals surface area contributed by atoms with Gasteiger partial charge in [-0.05, 0) is 12.1 Å². The predicted octanol–water partition coefficient (Wildman–Crippen LogP) is 3.47. The molecule has 0 fully saturated rings. The van der Waals surface area contributed by atoms with Crippen LogP contribution >= 0.6 is 27.7 Å². The van der Waals surface area contributed by atoms with Gasteiger partial charge in [0.05, 0.1) is 5.75 Å². The van der Waals surface area contributed by atoms with Gasteiger partial charge in [0.25, 0.3) is 0 Å². The summed E-state index contributed by atoms with van der Waals surface area (Å²) in [6.45, 7) is 2.11. The van der Waals surface area contributed by atoms with Gasteiger partial charge in [-0.15, -0.1) is 0 Å². The fraction of sp³-hybridized carbons (Fsp3) is 0.556. The van der Waals surface area contributed by atoms with Gasteiger partial charge in [-0.1, -0.05) is 22.9 Å². The van der Waals surface area contributed by atoms with Crippen molar-refractivity contribution in [3.63, 3.8) is 0 Å². The van der Waals surface area contributed by atoms with Crippen LogP contribution in [0.1, 0.15) is 18.4 Å². The highest BCUT2D eigenvalue weighted by molar-refractivity contribution is 9.09. The molecule has 0 spiro atoms. The number of alkyl halides is 1. The number of rotatable bonds is 5. The molecule has 0 aliphatic rings. The maximum atomic E-state index is 5.54. The maximum Gasteiger partial charge on any atom is 0.114 e. The first kappa shape index (κ1) is 10.2. The van der Waals surface area contributed by atoms with Gasteiger partial charge >= 0.3 is 0 Å². The van der Waals surface area contributed by atoms with Gasteiger partial charge in [0.1, 0.15) is 11.5 Å². The molecule has 0 bridgehead atoms. The third-order valence-electron chi connectivity index (χ3n) is 1.53. The van der Waals surface area contributed by atoms with E-state index < -0.39 is 0 Å². The van der Waals surface area contributed by atoms with Crippen molar-refractivity contribution >= 4 is 27.7 Å². The minimum Gasteiger partial charge on any atom is -0.465 e. The molecule has 68 valence electrons. The smallest absolute Gasteiger partial charge is 0.114 e. The maximum absolute atomic E-state index is 5.54. The molecule has 0 unspecified atom stereocenters. The topological polar surface area (TPSA) is 13.1 Å². The number of halogens is 1. The monoisotopic (exact) mass is 248 g/mol. The molecular formula is C9H13BrOS. The van der Waals surface area contributed by atoms with Crippen LogP contribution in [0.25, 0.3) is 0 Å². The Balaban J connectivity index is 2.31. The minimum atomic E-state index is 0.989. The molecule has 0 radical (unpaired) electrons. The zero-order chi connectivity index (χ0) is 8.81. The van der Waals surface area contributed by atoms with Gasteiger partial charge in [0.15, 0.2) is 0 Å². The molecule has 1 nitrogen and oxygen atoms in total. The van der Waals surface area contributed by atoms with Gasteiger partial charge in [-0.25, -0.2) is 0 Å². The molecule has 1 heterocycles. The van der Waals surface area contributed by atoms with Gasteiger partial charge in [-0.2, -0.15) is 11.8 Å². The lowest BCUT2D eigenvalue weighted by Gasteiger charge is -1.94. The standard InChI is InChI=1S/C9H13BrOS/c1-2-8-3-4-9(11-8)7-12-6-5-10/h3-4H,2,5-7H2,1H3. The average Bonchev–Trinajstić information content (AvgIpc) is 2.53. The third kappa shape index (κ3) is 3.23. The summed E-state index contributed by atoms with van der Waals surface area (Å²) >= 11 is 5.28. The van der Waals surface area contributed by atoms with E-state index in [1.54, 1.807) is 0 Å². The Labute approximate surface area is 86.0 Å². The first-order valence-electron chi connectivity index (χ1n) is 4.08. The predicted molar refractivity (Wildman–Crippen MR) is 58.0 cm³/mol. The molecule has 1 rings (SSSR count). The molecule has 12 heavy (non-hydrogen) atoms. The molecule has 0 saturated heterocycles. The van der Waals surface area contributed by atoms with E-state index >= 15 is 0 Å². The van der Waals surface area contributed by atoms with E-state index in [0.29, 0.717) is 0 Å². The van der Waals surface area contributed by atoms with Crippen LogP contribution in [-0.2, 0) is 12.2 Å². The largest absolute Gasteiger partial charge is 0.465 e. The van der Waals surface area contributed by atoms with E-state index in [0.717, 1.165) is 34.8 Å². The van der Waals surface area contributed by atoms with Crippen molar-refractivity contribution in [2.45, 2.75) is 19.1 Å². The molecule has 0 aromatic carbocycles. The summed E-state index contributed by atoms with van der Waals surface area (Å²) in [7, 11) is 0. The molecule has 0 atom stereocenters. The lowest BCUT2D eigenvalue weighted by molar-refractivity contribution is 0.485. The highest BCUT2D eigenvalue weighted by atomic mass is 79.9. The minimum absolute atomic E-state index is 0.989. The Morgan fingerprint density at radius 3 is 2.75 bits per heavy atom. The summed E-state index contributed by atoms with van der Waals surface area (Å²) in [6, 6.07) is 4.13. The van der Waals surface area contributed by atoms with Crippen LogP contribution in [0.3, 0.4) is 0 Å². The summed E-state index contributed by atoms with van der Waals surface area (Å²) in [6.07, 6.45) is 0.989. The van der Waals surface area contributed by atoms with Crippen LogP contribution in [0.15, 0.2) is 16.5 Å². The number of aryl methyl sites for hydroxylation is 1. The van der Waals surface area contributed by atoms with Crippen LogP contribution in [0, 0.1) is 0 Å². The third-order valence-corrected chi connectivity index (χ3v) is 3.43. The quantitative estimate of drug-likeness (QED) is 0.585. The zero-order valence-electron chi connectivity index (χ0n) is 7.18. The zero-order valence-corrected chi connectivity index (χ0v) is 9.58. The first-order valence-corrected chi connectivity index (χ1v) is 6.35. The van der Waals surface area contributed by atoms with E-state index in [1.807, 2.05) is 11.8 Å². The van der Waals surface area contributed by atoms with Crippen molar-refractivity contribution < 1.29 is 4.42 Å². The van der Waals surface area contributed by atoms with E-state index in [4.69, 9.17) is 4.42 Å². The number of furan rings is 1. The molecule has 3 heteroatoms. The number of thioether (sulfide) groups is 1. The molecule has 1 aromatic heterocycles. The molecule has 0 amide bonds. The van der Waals surface area contributed by atoms with Crippen LogP contribution < -0.4 is 0 Å². The van der Waals surface area contributed by atoms with Gasteiger partial charge in [-0.3, -0.25) is 0 Å². The van der Waals surface area contributed by atoms with Crippen molar-refractivity contribution in [3.8, 4) is 0 Å². The summed E-state index contributed by atoms with van der Waals surface area (Å²) in [5.41, 5.74) is 0. The summed E-state index contributed by atoms with van der Waals surface area (Å²) < 4.78 is 5.54. The van der Waals surface area contributed by atoms with Gasteiger partial charge in [0, 0.05) is 17.5 Å². The van der Waals surface area contributed by atoms with E-state index in [2.05, 4.69) is 35.0 Å².